The summed E-state index contributed by atoms with van der Waals surface area (Å²) in [5, 5.41) is 3.36. The van der Waals surface area contributed by atoms with E-state index in [0.717, 1.165) is 25.8 Å². The largest absolute Gasteiger partial charge is 0.384 e. The van der Waals surface area contributed by atoms with Crippen LogP contribution in [0.2, 0.25) is 0 Å². The average molecular weight is 201 g/mol. The normalized spacial score (nSPS) is 23.3. The van der Waals surface area contributed by atoms with Crippen LogP contribution in [0.3, 0.4) is 0 Å². The van der Waals surface area contributed by atoms with E-state index in [0.29, 0.717) is 17.6 Å². The van der Waals surface area contributed by atoms with Crippen molar-refractivity contribution in [3.8, 4) is 0 Å². The van der Waals surface area contributed by atoms with Gasteiger partial charge in [-0.25, -0.2) is 0 Å². The first-order chi connectivity index (χ1) is 7.34. The molecule has 78 valence electrons. The van der Waals surface area contributed by atoms with Crippen LogP contribution in [0.5, 0.6) is 0 Å². The molecule has 0 bridgehead atoms. The van der Waals surface area contributed by atoms with E-state index < -0.39 is 0 Å². The lowest BCUT2D eigenvalue weighted by Gasteiger charge is -2.08. The van der Waals surface area contributed by atoms with Crippen molar-refractivity contribution >= 4 is 11.5 Å². The fourth-order valence-corrected chi connectivity index (χ4v) is 2.35. The Bertz CT molecular complexity index is 395. The maximum absolute atomic E-state index is 11.7. The highest BCUT2D eigenvalue weighted by Gasteiger charge is 2.32. The van der Waals surface area contributed by atoms with E-state index >= 15 is 0 Å². The fourth-order valence-electron chi connectivity index (χ4n) is 2.35. The van der Waals surface area contributed by atoms with Crippen molar-refractivity contribution in [1.82, 2.24) is 0 Å². The molecule has 1 aliphatic heterocycles. The summed E-state index contributed by atoms with van der Waals surface area (Å²) >= 11 is 0. The van der Waals surface area contributed by atoms with Crippen LogP contribution < -0.4 is 5.32 Å². The zero-order valence-corrected chi connectivity index (χ0v) is 8.70. The molecular formula is C13H15NO. The van der Waals surface area contributed by atoms with Crippen molar-refractivity contribution in [3.63, 3.8) is 0 Å². The highest BCUT2D eigenvalue weighted by atomic mass is 16.1. The number of hydrogen-bond acceptors (Lipinski definition) is 2. The lowest BCUT2D eigenvalue weighted by atomic mass is 9.94. The SMILES string of the molecule is O=C(CC1CNc2ccccc21)C1CC1. The number of carbonyl (C=O) groups is 1. The molecule has 15 heavy (non-hydrogen) atoms. The number of nitrogens with one attached hydrogen (secondary N) is 1. The molecule has 0 amide bonds. The van der Waals surface area contributed by atoms with Gasteiger partial charge in [0.1, 0.15) is 5.78 Å². The molecular weight excluding hydrogens is 186 g/mol. The van der Waals surface area contributed by atoms with E-state index in [-0.39, 0.29) is 0 Å². The minimum absolute atomic E-state index is 0.401. The average Bonchev–Trinajstić information content (AvgIpc) is 3.03. The number of anilines is 1. The summed E-state index contributed by atoms with van der Waals surface area (Å²) < 4.78 is 0. The first-order valence-corrected chi connectivity index (χ1v) is 5.70. The van der Waals surface area contributed by atoms with Crippen molar-refractivity contribution in [2.75, 3.05) is 11.9 Å². The summed E-state index contributed by atoms with van der Waals surface area (Å²) in [4.78, 5) is 11.7. The summed E-state index contributed by atoms with van der Waals surface area (Å²) in [6.07, 6.45) is 2.98. The molecule has 1 saturated carbocycles. The van der Waals surface area contributed by atoms with Crippen LogP contribution >= 0.6 is 0 Å². The minimum Gasteiger partial charge on any atom is -0.384 e. The molecule has 1 aromatic carbocycles. The van der Waals surface area contributed by atoms with Crippen LogP contribution in [0.15, 0.2) is 24.3 Å². The Labute approximate surface area is 89.7 Å². The topological polar surface area (TPSA) is 29.1 Å². The molecule has 1 aromatic rings. The molecule has 1 aliphatic carbocycles. The van der Waals surface area contributed by atoms with Gasteiger partial charge in [0.15, 0.2) is 0 Å². The number of ketones is 1. The number of fused-ring (bicyclic) bond motifs is 1. The van der Waals surface area contributed by atoms with E-state index in [1.807, 2.05) is 6.07 Å². The van der Waals surface area contributed by atoms with Crippen molar-refractivity contribution in [1.29, 1.82) is 0 Å². The van der Waals surface area contributed by atoms with Gasteiger partial charge in [0.25, 0.3) is 0 Å². The quantitative estimate of drug-likeness (QED) is 0.814. The molecule has 1 heterocycles. The van der Waals surface area contributed by atoms with Gasteiger partial charge in [0.05, 0.1) is 0 Å². The second-order valence-electron chi connectivity index (χ2n) is 4.61. The number of Topliss-reactive ketones (excluding diaryl/α,β-unsaturated/α-hetero) is 1. The van der Waals surface area contributed by atoms with Gasteiger partial charge in [0, 0.05) is 30.5 Å². The highest BCUT2D eigenvalue weighted by Crippen LogP contribution is 2.37. The Morgan fingerprint density at radius 3 is 2.93 bits per heavy atom. The molecule has 0 saturated heterocycles. The van der Waals surface area contributed by atoms with Gasteiger partial charge in [-0.05, 0) is 24.5 Å². The zero-order chi connectivity index (χ0) is 10.3. The molecule has 0 radical (unpaired) electrons. The van der Waals surface area contributed by atoms with Crippen LogP contribution in [-0.4, -0.2) is 12.3 Å². The molecule has 1 N–H and O–H groups in total. The van der Waals surface area contributed by atoms with Gasteiger partial charge in [-0.1, -0.05) is 18.2 Å². The Balaban J connectivity index is 1.75. The van der Waals surface area contributed by atoms with Gasteiger partial charge in [-0.2, -0.15) is 0 Å². The Morgan fingerprint density at radius 2 is 2.13 bits per heavy atom. The van der Waals surface area contributed by atoms with Gasteiger partial charge in [-0.3, -0.25) is 4.79 Å². The van der Waals surface area contributed by atoms with Crippen molar-refractivity contribution in [3.05, 3.63) is 29.8 Å². The summed E-state index contributed by atoms with van der Waals surface area (Å²) in [5.41, 5.74) is 2.54. The van der Waals surface area contributed by atoms with Crippen LogP contribution in [0, 0.1) is 5.92 Å². The molecule has 2 nitrogen and oxygen atoms in total. The van der Waals surface area contributed by atoms with Crippen LogP contribution in [0.4, 0.5) is 5.69 Å². The van der Waals surface area contributed by atoms with Gasteiger partial charge in [0.2, 0.25) is 0 Å². The van der Waals surface area contributed by atoms with E-state index in [2.05, 4.69) is 23.5 Å². The van der Waals surface area contributed by atoms with Gasteiger partial charge in [-0.15, -0.1) is 0 Å². The van der Waals surface area contributed by atoms with Crippen molar-refractivity contribution in [2.45, 2.75) is 25.2 Å². The number of para-hydroxylation sites is 1. The van der Waals surface area contributed by atoms with E-state index in [4.69, 9.17) is 0 Å². The highest BCUT2D eigenvalue weighted by molar-refractivity contribution is 5.84. The van der Waals surface area contributed by atoms with Gasteiger partial charge >= 0.3 is 0 Å². The van der Waals surface area contributed by atoms with Crippen molar-refractivity contribution in [2.24, 2.45) is 5.92 Å². The Hall–Kier alpha value is -1.31. The molecule has 2 heteroatoms. The third kappa shape index (κ3) is 1.65. The van der Waals surface area contributed by atoms with Crippen LogP contribution in [0.25, 0.3) is 0 Å². The summed E-state index contributed by atoms with van der Waals surface area (Å²) in [5.74, 6) is 1.28. The second-order valence-corrected chi connectivity index (χ2v) is 4.61. The maximum Gasteiger partial charge on any atom is 0.136 e. The third-order valence-electron chi connectivity index (χ3n) is 3.42. The molecule has 0 aromatic heterocycles. The maximum atomic E-state index is 11.7. The fraction of sp³-hybridized carbons (Fsp3) is 0.462. The predicted octanol–water partition coefficient (Wildman–Crippen LogP) is 2.56. The predicted molar refractivity (Wildman–Crippen MR) is 60.0 cm³/mol. The van der Waals surface area contributed by atoms with Crippen LogP contribution in [-0.2, 0) is 4.79 Å². The smallest absolute Gasteiger partial charge is 0.136 e. The Kier molecular flexibility index (Phi) is 2.01. The molecule has 1 fully saturated rings. The monoisotopic (exact) mass is 201 g/mol. The number of benzene rings is 1. The number of rotatable bonds is 3. The second kappa shape index (κ2) is 3.37. The van der Waals surface area contributed by atoms with Gasteiger partial charge < -0.3 is 5.32 Å². The van der Waals surface area contributed by atoms with Crippen LogP contribution in [0.1, 0.15) is 30.7 Å². The lowest BCUT2D eigenvalue weighted by Crippen LogP contribution is -2.10. The first kappa shape index (κ1) is 8.96. The Morgan fingerprint density at radius 1 is 1.33 bits per heavy atom. The summed E-state index contributed by atoms with van der Waals surface area (Å²) in [7, 11) is 0. The lowest BCUT2D eigenvalue weighted by molar-refractivity contribution is -0.120. The zero-order valence-electron chi connectivity index (χ0n) is 8.70. The van der Waals surface area contributed by atoms with E-state index in [1.54, 1.807) is 0 Å². The summed E-state index contributed by atoms with van der Waals surface area (Å²) in [6, 6.07) is 8.33. The molecule has 3 rings (SSSR count). The summed E-state index contributed by atoms with van der Waals surface area (Å²) in [6.45, 7) is 0.928. The number of hydrogen-bond donors (Lipinski definition) is 1. The first-order valence-electron chi connectivity index (χ1n) is 5.70. The molecule has 0 spiro atoms. The molecule has 2 aliphatic rings. The molecule has 1 unspecified atom stereocenters. The molecule has 1 atom stereocenters. The van der Waals surface area contributed by atoms with E-state index in [1.165, 1.54) is 11.3 Å². The number of carbonyl (C=O) groups excluding carboxylic acids is 1. The standard InChI is InChI=1S/C13H15NO/c15-13(9-5-6-9)7-10-8-14-12-4-2-1-3-11(10)12/h1-4,9-10,14H,5-8H2. The van der Waals surface area contributed by atoms with E-state index in [9.17, 15) is 4.79 Å². The minimum atomic E-state index is 0.401. The third-order valence-corrected chi connectivity index (χ3v) is 3.42. The van der Waals surface area contributed by atoms with Crippen molar-refractivity contribution < 1.29 is 4.79 Å².